The number of carbonyl (C=O) groups excluding carboxylic acids is 1. The first-order valence-corrected chi connectivity index (χ1v) is 6.02. The zero-order valence-corrected chi connectivity index (χ0v) is 11.0. The van der Waals surface area contributed by atoms with Crippen molar-refractivity contribution in [1.29, 1.82) is 0 Å². The summed E-state index contributed by atoms with van der Waals surface area (Å²) >= 11 is 0. The lowest BCUT2D eigenvalue weighted by atomic mass is 9.85. The Kier molecular flexibility index (Phi) is 7.34. The highest BCUT2D eigenvalue weighted by Gasteiger charge is 2.23. The maximum absolute atomic E-state index is 11.2. The van der Waals surface area contributed by atoms with E-state index in [9.17, 15) is 4.79 Å². The molecule has 0 aliphatic carbocycles. The predicted molar refractivity (Wildman–Crippen MR) is 66.2 cm³/mol. The van der Waals surface area contributed by atoms with E-state index in [0.717, 1.165) is 6.42 Å². The SMILES string of the molecule is CCNC(=O)CCNC(CCO)C(C)(C)C. The zero-order valence-electron chi connectivity index (χ0n) is 11.0. The van der Waals surface area contributed by atoms with Gasteiger partial charge in [-0.3, -0.25) is 4.79 Å². The number of amides is 1. The van der Waals surface area contributed by atoms with Gasteiger partial charge in [-0.2, -0.15) is 0 Å². The van der Waals surface area contributed by atoms with Crippen LogP contribution in [0, 0.1) is 5.41 Å². The third-order valence-corrected chi connectivity index (χ3v) is 2.58. The Morgan fingerprint density at radius 2 is 2.00 bits per heavy atom. The first kappa shape index (κ1) is 15.4. The van der Waals surface area contributed by atoms with Gasteiger partial charge < -0.3 is 15.7 Å². The quantitative estimate of drug-likeness (QED) is 0.609. The normalized spacial score (nSPS) is 13.6. The second kappa shape index (κ2) is 7.63. The molecule has 0 spiro atoms. The van der Waals surface area contributed by atoms with Crippen molar-refractivity contribution in [1.82, 2.24) is 10.6 Å². The molecule has 4 heteroatoms. The smallest absolute Gasteiger partial charge is 0.221 e. The van der Waals surface area contributed by atoms with Crippen molar-refractivity contribution in [3.8, 4) is 0 Å². The molecule has 3 N–H and O–H groups in total. The van der Waals surface area contributed by atoms with Crippen molar-refractivity contribution in [2.75, 3.05) is 19.7 Å². The van der Waals surface area contributed by atoms with Gasteiger partial charge in [-0.15, -0.1) is 0 Å². The van der Waals surface area contributed by atoms with Crippen molar-refractivity contribution in [2.45, 2.75) is 46.6 Å². The minimum Gasteiger partial charge on any atom is -0.396 e. The molecule has 0 bridgehead atoms. The van der Waals surface area contributed by atoms with Gasteiger partial charge in [0.15, 0.2) is 0 Å². The number of aliphatic hydroxyl groups is 1. The van der Waals surface area contributed by atoms with Gasteiger partial charge in [-0.25, -0.2) is 0 Å². The summed E-state index contributed by atoms with van der Waals surface area (Å²) < 4.78 is 0. The van der Waals surface area contributed by atoms with E-state index >= 15 is 0 Å². The van der Waals surface area contributed by atoms with E-state index in [-0.39, 0.29) is 24.0 Å². The van der Waals surface area contributed by atoms with Crippen LogP contribution < -0.4 is 10.6 Å². The third-order valence-electron chi connectivity index (χ3n) is 2.58. The van der Waals surface area contributed by atoms with E-state index < -0.39 is 0 Å². The van der Waals surface area contributed by atoms with Crippen LogP contribution in [0.1, 0.15) is 40.5 Å². The average Bonchev–Trinajstić information content (AvgIpc) is 2.15. The van der Waals surface area contributed by atoms with Gasteiger partial charge in [0.25, 0.3) is 0 Å². The Hall–Kier alpha value is -0.610. The van der Waals surface area contributed by atoms with Crippen LogP contribution in [-0.2, 0) is 4.79 Å². The first-order valence-electron chi connectivity index (χ1n) is 6.02. The van der Waals surface area contributed by atoms with E-state index in [4.69, 9.17) is 5.11 Å². The van der Waals surface area contributed by atoms with E-state index in [1.807, 2.05) is 6.92 Å². The molecule has 1 atom stereocenters. The molecular weight excluding hydrogens is 204 g/mol. The summed E-state index contributed by atoms with van der Waals surface area (Å²) in [5.41, 5.74) is 0.101. The Bertz CT molecular complexity index is 200. The molecule has 0 aliphatic heterocycles. The minimum absolute atomic E-state index is 0.0756. The first-order chi connectivity index (χ1) is 7.41. The van der Waals surface area contributed by atoms with Crippen LogP contribution in [0.15, 0.2) is 0 Å². The van der Waals surface area contributed by atoms with Gasteiger partial charge >= 0.3 is 0 Å². The van der Waals surface area contributed by atoms with Crippen LogP contribution in [0.25, 0.3) is 0 Å². The lowest BCUT2D eigenvalue weighted by Gasteiger charge is -2.31. The summed E-state index contributed by atoms with van der Waals surface area (Å²) in [6, 6.07) is 0.243. The second-order valence-corrected chi connectivity index (χ2v) is 5.09. The van der Waals surface area contributed by atoms with Gasteiger partial charge in [-0.1, -0.05) is 20.8 Å². The molecule has 0 aliphatic rings. The molecule has 0 saturated carbocycles. The van der Waals surface area contributed by atoms with Gasteiger partial charge in [0.1, 0.15) is 0 Å². The maximum Gasteiger partial charge on any atom is 0.221 e. The van der Waals surface area contributed by atoms with E-state index in [0.29, 0.717) is 19.5 Å². The minimum atomic E-state index is 0.0756. The molecule has 0 fully saturated rings. The molecule has 0 aromatic heterocycles. The molecule has 0 saturated heterocycles. The van der Waals surface area contributed by atoms with Crippen LogP contribution in [-0.4, -0.2) is 36.8 Å². The number of nitrogens with one attached hydrogen (secondary N) is 2. The summed E-state index contributed by atoms with van der Waals surface area (Å²) in [4.78, 5) is 11.2. The molecular formula is C12H26N2O2. The molecule has 0 heterocycles. The van der Waals surface area contributed by atoms with Crippen LogP contribution in [0.5, 0.6) is 0 Å². The number of carbonyl (C=O) groups is 1. The topological polar surface area (TPSA) is 61.4 Å². The second-order valence-electron chi connectivity index (χ2n) is 5.09. The van der Waals surface area contributed by atoms with Crippen LogP contribution in [0.4, 0.5) is 0 Å². The number of hydrogen-bond acceptors (Lipinski definition) is 3. The standard InChI is InChI=1S/C12H26N2O2/c1-5-13-11(16)6-8-14-10(7-9-15)12(2,3)4/h10,14-15H,5-9H2,1-4H3,(H,13,16). The molecule has 0 radical (unpaired) electrons. The van der Waals surface area contributed by atoms with Crippen LogP contribution >= 0.6 is 0 Å². The molecule has 1 unspecified atom stereocenters. The van der Waals surface area contributed by atoms with Crippen LogP contribution in [0.2, 0.25) is 0 Å². The largest absolute Gasteiger partial charge is 0.396 e. The van der Waals surface area contributed by atoms with Gasteiger partial charge in [0, 0.05) is 32.2 Å². The molecule has 0 aromatic rings. The summed E-state index contributed by atoms with van der Waals surface area (Å²) in [6.07, 6.45) is 1.21. The van der Waals surface area contributed by atoms with E-state index in [2.05, 4.69) is 31.4 Å². The third kappa shape index (κ3) is 6.80. The van der Waals surface area contributed by atoms with E-state index in [1.165, 1.54) is 0 Å². The maximum atomic E-state index is 11.2. The fourth-order valence-electron chi connectivity index (χ4n) is 1.62. The van der Waals surface area contributed by atoms with Crippen molar-refractivity contribution in [3.05, 3.63) is 0 Å². The molecule has 96 valence electrons. The van der Waals surface area contributed by atoms with Crippen molar-refractivity contribution in [2.24, 2.45) is 5.41 Å². The van der Waals surface area contributed by atoms with Crippen molar-refractivity contribution in [3.63, 3.8) is 0 Å². The lowest BCUT2D eigenvalue weighted by Crippen LogP contribution is -2.42. The highest BCUT2D eigenvalue weighted by Crippen LogP contribution is 2.21. The zero-order chi connectivity index (χ0) is 12.6. The monoisotopic (exact) mass is 230 g/mol. The molecule has 0 aromatic carbocycles. The van der Waals surface area contributed by atoms with Crippen molar-refractivity contribution >= 4 is 5.91 Å². The summed E-state index contributed by atoms with van der Waals surface area (Å²) in [5.74, 6) is 0.0756. The summed E-state index contributed by atoms with van der Waals surface area (Å²) in [5, 5.41) is 15.1. The Balaban J connectivity index is 3.90. The highest BCUT2D eigenvalue weighted by molar-refractivity contribution is 5.75. The molecule has 4 nitrogen and oxygen atoms in total. The Morgan fingerprint density at radius 1 is 1.38 bits per heavy atom. The van der Waals surface area contributed by atoms with Gasteiger partial charge in [-0.05, 0) is 18.8 Å². The summed E-state index contributed by atoms with van der Waals surface area (Å²) in [6.45, 7) is 9.82. The highest BCUT2D eigenvalue weighted by atomic mass is 16.3. The number of rotatable bonds is 7. The number of hydrogen-bond donors (Lipinski definition) is 3. The van der Waals surface area contributed by atoms with Gasteiger partial charge in [0.05, 0.1) is 0 Å². The molecule has 0 rings (SSSR count). The average molecular weight is 230 g/mol. The fourth-order valence-corrected chi connectivity index (χ4v) is 1.62. The predicted octanol–water partition coefficient (Wildman–Crippen LogP) is 0.899. The lowest BCUT2D eigenvalue weighted by molar-refractivity contribution is -0.120. The fraction of sp³-hybridized carbons (Fsp3) is 0.917. The number of aliphatic hydroxyl groups excluding tert-OH is 1. The van der Waals surface area contributed by atoms with Crippen LogP contribution in [0.3, 0.4) is 0 Å². The molecule has 16 heavy (non-hydrogen) atoms. The summed E-state index contributed by atoms with van der Waals surface area (Å²) in [7, 11) is 0. The molecule has 1 amide bonds. The van der Waals surface area contributed by atoms with Crippen molar-refractivity contribution < 1.29 is 9.90 Å². The van der Waals surface area contributed by atoms with E-state index in [1.54, 1.807) is 0 Å². The van der Waals surface area contributed by atoms with Gasteiger partial charge in [0.2, 0.25) is 5.91 Å². The Labute approximate surface area is 98.8 Å². The Morgan fingerprint density at radius 3 is 2.44 bits per heavy atom.